The van der Waals surface area contributed by atoms with Gasteiger partial charge in [0.1, 0.15) is 12.2 Å². The number of aliphatic carboxylic acids is 1. The highest BCUT2D eigenvalue weighted by atomic mass is 16.7. The molecule has 414 valence electrons. The highest BCUT2D eigenvalue weighted by molar-refractivity contribution is 5.75. The van der Waals surface area contributed by atoms with Crippen molar-refractivity contribution in [2.45, 2.75) is 195 Å². The SMILES string of the molecule is C[C@@H]1[C@H](O)[C@@H](C)/C=C/C=C/C=C/C=C/C=C/C=C/C=C/[C@H](O[C@@H]2O[C@H](C)[C@@H](O)[C@H](N)[C@@H]2O)C[C@@H]2O[C@](O)(C[C@@H](O)C[C@@H](O)[C@H](O)CC[C@@H](O)C[C@@H](O)CC(=O)O[C@H]1C)C[C@H](O)[C@H]2NC(=O)NCC[C@@H](O)C(=O)O. The normalized spacial score (nSPS) is 42.1. The van der Waals surface area contributed by atoms with Crippen LogP contribution in [0.2, 0.25) is 0 Å². The summed E-state index contributed by atoms with van der Waals surface area (Å²) in [5.74, 6) is -5.36. The number of esters is 1. The van der Waals surface area contributed by atoms with Crippen molar-refractivity contribution in [2.75, 3.05) is 6.54 Å². The fraction of sp³-hybridized carbons (Fsp3) is 0.667. The number of carboxylic acid groups (broad SMARTS) is 1. The minimum Gasteiger partial charge on any atom is -0.479 e. The van der Waals surface area contributed by atoms with Crippen LogP contribution in [0, 0.1) is 11.8 Å². The molecule has 16 N–H and O–H groups in total. The number of allylic oxidation sites excluding steroid dienone is 12. The van der Waals surface area contributed by atoms with Gasteiger partial charge in [-0.05, 0) is 33.1 Å². The predicted molar refractivity (Wildman–Crippen MR) is 264 cm³/mol. The number of amides is 2. The van der Waals surface area contributed by atoms with Crippen molar-refractivity contribution in [1.29, 1.82) is 0 Å². The third-order valence-electron chi connectivity index (χ3n) is 13.0. The zero-order valence-electron chi connectivity index (χ0n) is 41.9. The van der Waals surface area contributed by atoms with E-state index in [9.17, 15) is 70.6 Å². The lowest BCUT2D eigenvalue weighted by atomic mass is 9.87. The maximum Gasteiger partial charge on any atom is 0.332 e. The largest absolute Gasteiger partial charge is 0.479 e. The van der Waals surface area contributed by atoms with Crippen LogP contribution in [0.4, 0.5) is 4.79 Å². The number of urea groups is 1. The van der Waals surface area contributed by atoms with E-state index in [2.05, 4.69) is 10.6 Å². The molecule has 73 heavy (non-hydrogen) atoms. The van der Waals surface area contributed by atoms with Gasteiger partial charge in [0.2, 0.25) is 0 Å². The van der Waals surface area contributed by atoms with Crippen molar-refractivity contribution in [3.05, 3.63) is 85.1 Å². The number of hydrogen-bond acceptors (Lipinski definition) is 19. The highest BCUT2D eigenvalue weighted by Gasteiger charge is 2.49. The van der Waals surface area contributed by atoms with Crippen molar-refractivity contribution in [2.24, 2.45) is 17.6 Å². The van der Waals surface area contributed by atoms with Crippen LogP contribution in [0.5, 0.6) is 0 Å². The van der Waals surface area contributed by atoms with Gasteiger partial charge in [-0.1, -0.05) is 98.9 Å². The van der Waals surface area contributed by atoms with Gasteiger partial charge in [0, 0.05) is 50.5 Å². The molecular weight excluding hydrogens is 959 g/mol. The standard InChI is InChI=1S/C51H81N3O19/c1-29-17-15-13-11-9-7-5-6-8-10-12-14-16-18-36(72-49-47(65)43(52)46(64)32(4)71-49)26-41-44(54-50(68)53-22-21-38(59)48(66)67)40(61)28-51(69,73-41)27-35(57)24-39(60)37(58)20-19-33(55)23-34(56)25-42(62)70-31(3)30(2)45(29)63/h5-18,29-41,43-47,49,55-61,63-65,69H,19-28,52H2,1-4H3,(H,66,67)(H2,53,54,68)/b6-5+,9-7+,10-8+,13-11+,14-12+,17-15+,18-16+/t29-,30-,31-,32+,33+,34+,35-,36-,37+,38+,39+,40-,41-,43-,44+,45+,46+,47-,49-,51+/m0/s1. The van der Waals surface area contributed by atoms with Crippen LogP contribution in [0.25, 0.3) is 0 Å². The summed E-state index contributed by atoms with van der Waals surface area (Å²) in [5.41, 5.74) is 6.08. The second kappa shape index (κ2) is 31.6. The Morgan fingerprint density at radius 3 is 1.92 bits per heavy atom. The zero-order chi connectivity index (χ0) is 54.4. The molecular formula is C51H81N3O19. The molecule has 20 atom stereocenters. The molecule has 2 bridgehead atoms. The lowest BCUT2D eigenvalue weighted by Crippen LogP contribution is -2.64. The molecule has 0 radical (unpaired) electrons. The maximum atomic E-state index is 13.1. The van der Waals surface area contributed by atoms with E-state index < -0.39 is 159 Å². The molecule has 3 aliphatic rings. The first-order valence-corrected chi connectivity index (χ1v) is 24.8. The van der Waals surface area contributed by atoms with Crippen LogP contribution >= 0.6 is 0 Å². The third-order valence-corrected chi connectivity index (χ3v) is 13.0. The molecule has 2 amide bonds. The molecule has 0 aliphatic carbocycles. The molecule has 0 aromatic rings. The predicted octanol–water partition coefficient (Wildman–Crippen LogP) is -0.486. The Balaban J connectivity index is 1.93. The fourth-order valence-electron chi connectivity index (χ4n) is 8.48. The summed E-state index contributed by atoms with van der Waals surface area (Å²) in [7, 11) is 0. The van der Waals surface area contributed by atoms with Gasteiger partial charge in [0.15, 0.2) is 18.2 Å². The summed E-state index contributed by atoms with van der Waals surface area (Å²) >= 11 is 0. The minimum atomic E-state index is -2.34. The molecule has 2 saturated heterocycles. The van der Waals surface area contributed by atoms with Gasteiger partial charge in [0.05, 0.1) is 85.6 Å². The number of aliphatic hydroxyl groups is 11. The number of ether oxygens (including phenoxy) is 4. The molecule has 0 spiro atoms. The number of cyclic esters (lactones) is 1. The van der Waals surface area contributed by atoms with E-state index in [0.29, 0.717) is 0 Å². The maximum absolute atomic E-state index is 13.1. The van der Waals surface area contributed by atoms with Crippen molar-refractivity contribution in [3.8, 4) is 0 Å². The highest BCUT2D eigenvalue weighted by Crippen LogP contribution is 2.35. The summed E-state index contributed by atoms with van der Waals surface area (Å²) in [5, 5.41) is 133. The summed E-state index contributed by atoms with van der Waals surface area (Å²) < 4.78 is 23.6. The molecule has 3 heterocycles. The first-order valence-electron chi connectivity index (χ1n) is 24.8. The number of nitrogens with two attached hydrogens (primary N) is 1. The number of nitrogens with one attached hydrogen (secondary N) is 2. The molecule has 0 saturated carbocycles. The van der Waals surface area contributed by atoms with Crippen LogP contribution in [-0.4, -0.2) is 195 Å². The van der Waals surface area contributed by atoms with E-state index in [0.717, 1.165) is 0 Å². The molecule has 22 nitrogen and oxygen atoms in total. The number of fused-ring (bicyclic) bond motifs is 2. The van der Waals surface area contributed by atoms with Crippen LogP contribution in [0.3, 0.4) is 0 Å². The molecule has 0 unspecified atom stereocenters. The third kappa shape index (κ3) is 22.3. The Bertz CT molecular complexity index is 1900. The smallest absolute Gasteiger partial charge is 0.332 e. The van der Waals surface area contributed by atoms with Crippen LogP contribution in [0.1, 0.15) is 85.5 Å². The molecule has 2 fully saturated rings. The Morgan fingerprint density at radius 2 is 1.32 bits per heavy atom. The average molecular weight is 1040 g/mol. The van der Waals surface area contributed by atoms with Gasteiger partial charge >= 0.3 is 18.0 Å². The van der Waals surface area contributed by atoms with Gasteiger partial charge in [-0.15, -0.1) is 0 Å². The monoisotopic (exact) mass is 1040 g/mol. The Kier molecular flexibility index (Phi) is 27.3. The quantitative estimate of drug-likeness (QED) is 0.143. The second-order valence-electron chi connectivity index (χ2n) is 19.3. The lowest BCUT2D eigenvalue weighted by molar-refractivity contribution is -0.303. The summed E-state index contributed by atoms with van der Waals surface area (Å²) in [4.78, 5) is 36.9. The fourth-order valence-corrected chi connectivity index (χ4v) is 8.48. The van der Waals surface area contributed by atoms with Gasteiger partial charge in [-0.3, -0.25) is 4.79 Å². The van der Waals surface area contributed by atoms with Gasteiger partial charge in [0.25, 0.3) is 0 Å². The number of carbonyl (C=O) groups excluding carboxylic acids is 2. The number of aliphatic hydroxyl groups excluding tert-OH is 10. The van der Waals surface area contributed by atoms with Crippen molar-refractivity contribution >= 4 is 18.0 Å². The minimum absolute atomic E-state index is 0.129. The van der Waals surface area contributed by atoms with Crippen LogP contribution in [-0.2, 0) is 28.5 Å². The summed E-state index contributed by atoms with van der Waals surface area (Å²) in [6.45, 7) is 6.42. The molecule has 0 aromatic heterocycles. The molecule has 3 rings (SSSR count). The van der Waals surface area contributed by atoms with E-state index in [-0.39, 0.29) is 44.6 Å². The lowest BCUT2D eigenvalue weighted by Gasteiger charge is -2.46. The number of carboxylic acids is 1. The van der Waals surface area contributed by atoms with Crippen molar-refractivity contribution in [1.82, 2.24) is 10.6 Å². The van der Waals surface area contributed by atoms with E-state index in [1.165, 1.54) is 13.0 Å². The average Bonchev–Trinajstić information content (AvgIpc) is 3.31. The zero-order valence-corrected chi connectivity index (χ0v) is 41.9. The molecule has 0 aromatic carbocycles. The van der Waals surface area contributed by atoms with Crippen molar-refractivity contribution in [3.63, 3.8) is 0 Å². The van der Waals surface area contributed by atoms with E-state index >= 15 is 0 Å². The second-order valence-corrected chi connectivity index (χ2v) is 19.3. The summed E-state index contributed by atoms with van der Waals surface area (Å²) in [6.07, 6.45) is 1.09. The Morgan fingerprint density at radius 1 is 0.726 bits per heavy atom. The number of carbonyl (C=O) groups is 3. The van der Waals surface area contributed by atoms with Crippen LogP contribution in [0.15, 0.2) is 85.1 Å². The van der Waals surface area contributed by atoms with Gasteiger partial charge in [-0.25, -0.2) is 9.59 Å². The van der Waals surface area contributed by atoms with E-state index in [4.69, 9.17) is 29.8 Å². The molecule has 3 aliphatic heterocycles. The van der Waals surface area contributed by atoms with E-state index in [1.807, 2.05) is 13.0 Å². The number of hydrogen-bond donors (Lipinski definition) is 15. The van der Waals surface area contributed by atoms with Crippen molar-refractivity contribution < 1.29 is 94.6 Å². The first kappa shape index (κ1) is 63.1. The summed E-state index contributed by atoms with van der Waals surface area (Å²) in [6, 6.07) is -3.42. The number of rotatable bonds is 7. The van der Waals surface area contributed by atoms with E-state index in [1.54, 1.807) is 86.8 Å². The van der Waals surface area contributed by atoms with Crippen LogP contribution < -0.4 is 16.4 Å². The Labute approximate surface area is 426 Å². The Hall–Kier alpha value is -4.21. The molecule has 22 heteroatoms. The van der Waals surface area contributed by atoms with Gasteiger partial charge < -0.3 is 96.6 Å². The van der Waals surface area contributed by atoms with Gasteiger partial charge in [-0.2, -0.15) is 0 Å². The topological polar surface area (TPSA) is 381 Å². The first-order chi connectivity index (χ1) is 34.4.